The van der Waals surface area contributed by atoms with Gasteiger partial charge in [-0.1, -0.05) is 111 Å². The number of hydrogen-bond donors (Lipinski definition) is 3. The third-order valence-corrected chi connectivity index (χ3v) is 7.68. The van der Waals surface area contributed by atoms with E-state index in [1.807, 2.05) is 36.4 Å². The van der Waals surface area contributed by atoms with E-state index in [4.69, 9.17) is 0 Å². The SMILES string of the molecule is O=C(Nc1ccccc1-c1ccccc1)NC1CCN(CCCCCCCCCNCc2ccccc2)CC1. The van der Waals surface area contributed by atoms with Gasteiger partial charge in [0.2, 0.25) is 0 Å². The second kappa shape index (κ2) is 16.7. The highest BCUT2D eigenvalue weighted by molar-refractivity contribution is 5.94. The summed E-state index contributed by atoms with van der Waals surface area (Å²) in [5.74, 6) is 0. The van der Waals surface area contributed by atoms with Crippen molar-refractivity contribution in [2.24, 2.45) is 0 Å². The molecule has 0 radical (unpaired) electrons. The Bertz CT molecular complexity index is 1080. The quantitative estimate of drug-likeness (QED) is 0.180. The molecule has 0 aromatic heterocycles. The Morgan fingerprint density at radius 1 is 0.718 bits per heavy atom. The summed E-state index contributed by atoms with van der Waals surface area (Å²) in [6, 6.07) is 29.0. The van der Waals surface area contributed by atoms with Gasteiger partial charge in [-0.2, -0.15) is 0 Å². The molecule has 4 rings (SSSR count). The number of piperidine rings is 1. The normalized spacial score (nSPS) is 14.3. The molecule has 0 bridgehead atoms. The van der Waals surface area contributed by atoms with Crippen LogP contribution in [0.3, 0.4) is 0 Å². The number of likely N-dealkylation sites (tertiary alicyclic amines) is 1. The third kappa shape index (κ3) is 10.5. The molecular weight excluding hydrogens is 480 g/mol. The summed E-state index contributed by atoms with van der Waals surface area (Å²) in [5, 5.41) is 9.83. The number of unbranched alkanes of at least 4 members (excludes halogenated alkanes) is 6. The molecule has 1 aliphatic heterocycles. The monoisotopic (exact) mass is 526 g/mol. The molecule has 1 fully saturated rings. The van der Waals surface area contributed by atoms with E-state index in [-0.39, 0.29) is 12.1 Å². The van der Waals surface area contributed by atoms with Gasteiger partial charge < -0.3 is 20.9 Å². The summed E-state index contributed by atoms with van der Waals surface area (Å²) in [7, 11) is 0. The van der Waals surface area contributed by atoms with Crippen LogP contribution in [-0.4, -0.2) is 43.2 Å². The molecule has 0 aliphatic carbocycles. The van der Waals surface area contributed by atoms with Crippen molar-refractivity contribution in [3.05, 3.63) is 90.5 Å². The molecule has 1 aliphatic rings. The fraction of sp³-hybridized carbons (Fsp3) is 0.441. The first-order valence-corrected chi connectivity index (χ1v) is 15.0. The minimum atomic E-state index is -0.108. The summed E-state index contributed by atoms with van der Waals surface area (Å²) in [4.78, 5) is 15.3. The first kappa shape index (κ1) is 28.8. The summed E-state index contributed by atoms with van der Waals surface area (Å²) in [5.41, 5.74) is 4.36. The predicted octanol–water partition coefficient (Wildman–Crippen LogP) is 7.46. The summed E-state index contributed by atoms with van der Waals surface area (Å²) in [6.07, 6.45) is 11.3. The van der Waals surface area contributed by atoms with Crippen molar-refractivity contribution in [3.63, 3.8) is 0 Å². The van der Waals surface area contributed by atoms with Crippen molar-refractivity contribution in [1.82, 2.24) is 15.5 Å². The van der Waals surface area contributed by atoms with Gasteiger partial charge in [-0.25, -0.2) is 4.79 Å². The van der Waals surface area contributed by atoms with E-state index < -0.39 is 0 Å². The Balaban J connectivity index is 1.00. The number of nitrogens with zero attached hydrogens (tertiary/aromatic N) is 1. The Morgan fingerprint density at radius 3 is 2.08 bits per heavy atom. The lowest BCUT2D eigenvalue weighted by Crippen LogP contribution is -2.46. The van der Waals surface area contributed by atoms with Crippen molar-refractivity contribution >= 4 is 11.7 Å². The number of para-hydroxylation sites is 1. The second-order valence-electron chi connectivity index (χ2n) is 10.8. The number of nitrogens with one attached hydrogen (secondary N) is 3. The number of carbonyl (C=O) groups is 1. The zero-order valence-electron chi connectivity index (χ0n) is 23.4. The van der Waals surface area contributed by atoms with Crippen LogP contribution >= 0.6 is 0 Å². The second-order valence-corrected chi connectivity index (χ2v) is 10.8. The van der Waals surface area contributed by atoms with Crippen LogP contribution in [0.25, 0.3) is 11.1 Å². The van der Waals surface area contributed by atoms with Crippen LogP contribution in [0.5, 0.6) is 0 Å². The molecule has 39 heavy (non-hydrogen) atoms. The molecule has 0 atom stereocenters. The number of carbonyl (C=O) groups excluding carboxylic acids is 1. The van der Waals surface area contributed by atoms with E-state index in [1.165, 1.54) is 57.1 Å². The van der Waals surface area contributed by atoms with Crippen molar-refractivity contribution < 1.29 is 4.79 Å². The van der Waals surface area contributed by atoms with Crippen LogP contribution in [0.4, 0.5) is 10.5 Å². The lowest BCUT2D eigenvalue weighted by molar-refractivity contribution is 0.193. The first-order chi connectivity index (χ1) is 19.3. The van der Waals surface area contributed by atoms with E-state index in [0.717, 1.165) is 55.8 Å². The van der Waals surface area contributed by atoms with Crippen LogP contribution in [-0.2, 0) is 6.54 Å². The molecular formula is C34H46N4O. The van der Waals surface area contributed by atoms with E-state index in [1.54, 1.807) is 0 Å². The molecule has 3 aromatic rings. The highest BCUT2D eigenvalue weighted by Crippen LogP contribution is 2.27. The lowest BCUT2D eigenvalue weighted by atomic mass is 10.0. The minimum absolute atomic E-state index is 0.108. The fourth-order valence-electron chi connectivity index (χ4n) is 5.40. The van der Waals surface area contributed by atoms with E-state index in [0.29, 0.717) is 0 Å². The van der Waals surface area contributed by atoms with E-state index in [2.05, 4.69) is 69.4 Å². The van der Waals surface area contributed by atoms with E-state index >= 15 is 0 Å². The Hall–Kier alpha value is -3.15. The Labute approximate surface area is 235 Å². The maximum Gasteiger partial charge on any atom is 0.319 e. The van der Waals surface area contributed by atoms with Crippen LogP contribution in [0, 0.1) is 0 Å². The van der Waals surface area contributed by atoms with Crippen molar-refractivity contribution in [2.45, 2.75) is 70.4 Å². The average molecular weight is 527 g/mol. The zero-order chi connectivity index (χ0) is 27.0. The van der Waals surface area contributed by atoms with Gasteiger partial charge in [0, 0.05) is 31.2 Å². The highest BCUT2D eigenvalue weighted by atomic mass is 16.2. The van der Waals surface area contributed by atoms with Crippen LogP contribution < -0.4 is 16.0 Å². The van der Waals surface area contributed by atoms with Gasteiger partial charge in [0.05, 0.1) is 5.69 Å². The highest BCUT2D eigenvalue weighted by Gasteiger charge is 2.20. The largest absolute Gasteiger partial charge is 0.335 e. The molecule has 208 valence electrons. The molecule has 0 spiro atoms. The first-order valence-electron chi connectivity index (χ1n) is 15.0. The van der Waals surface area contributed by atoms with Crippen molar-refractivity contribution in [3.8, 4) is 11.1 Å². The third-order valence-electron chi connectivity index (χ3n) is 7.68. The number of anilines is 1. The van der Waals surface area contributed by atoms with Gasteiger partial charge in [-0.05, 0) is 56.0 Å². The molecule has 5 nitrogen and oxygen atoms in total. The number of benzene rings is 3. The van der Waals surface area contributed by atoms with Crippen LogP contribution in [0.1, 0.15) is 63.4 Å². The fourth-order valence-corrected chi connectivity index (χ4v) is 5.40. The van der Waals surface area contributed by atoms with Gasteiger partial charge >= 0.3 is 6.03 Å². The standard InChI is InChI=1S/C34H46N4O/c39-34(37-33-21-13-12-20-32(33)30-18-10-7-11-19-30)36-31-22-26-38(27-23-31)25-15-5-3-1-2-4-14-24-35-28-29-16-8-6-9-17-29/h6-13,16-21,31,35H,1-5,14-15,22-28H2,(H2,36,37,39). The summed E-state index contributed by atoms with van der Waals surface area (Å²) >= 11 is 0. The molecule has 1 saturated heterocycles. The molecule has 1 heterocycles. The zero-order valence-corrected chi connectivity index (χ0v) is 23.4. The molecule has 2 amide bonds. The number of rotatable bonds is 15. The minimum Gasteiger partial charge on any atom is -0.335 e. The van der Waals surface area contributed by atoms with Gasteiger partial charge in [0.1, 0.15) is 0 Å². The number of amides is 2. The molecule has 3 aromatic carbocycles. The molecule has 0 unspecified atom stereocenters. The Kier molecular flexibility index (Phi) is 12.4. The predicted molar refractivity (Wildman–Crippen MR) is 164 cm³/mol. The van der Waals surface area contributed by atoms with Crippen molar-refractivity contribution in [2.75, 3.05) is 31.5 Å². The average Bonchev–Trinajstić information content (AvgIpc) is 2.98. The molecule has 5 heteroatoms. The lowest BCUT2D eigenvalue weighted by Gasteiger charge is -2.32. The van der Waals surface area contributed by atoms with E-state index in [9.17, 15) is 4.79 Å². The maximum atomic E-state index is 12.7. The topological polar surface area (TPSA) is 56.4 Å². The van der Waals surface area contributed by atoms with Gasteiger partial charge in [0.15, 0.2) is 0 Å². The van der Waals surface area contributed by atoms with Gasteiger partial charge in [-0.3, -0.25) is 0 Å². The Morgan fingerprint density at radius 2 is 1.33 bits per heavy atom. The van der Waals surface area contributed by atoms with Crippen molar-refractivity contribution in [1.29, 1.82) is 0 Å². The summed E-state index contributed by atoms with van der Waals surface area (Å²) < 4.78 is 0. The summed E-state index contributed by atoms with van der Waals surface area (Å²) in [6.45, 7) is 5.42. The molecule has 0 saturated carbocycles. The number of urea groups is 1. The molecule has 3 N–H and O–H groups in total. The number of hydrogen-bond acceptors (Lipinski definition) is 3. The van der Waals surface area contributed by atoms with Gasteiger partial charge in [0.25, 0.3) is 0 Å². The van der Waals surface area contributed by atoms with Crippen LogP contribution in [0.15, 0.2) is 84.9 Å². The van der Waals surface area contributed by atoms with Gasteiger partial charge in [-0.15, -0.1) is 0 Å². The maximum absolute atomic E-state index is 12.7. The smallest absolute Gasteiger partial charge is 0.319 e. The van der Waals surface area contributed by atoms with Crippen LogP contribution in [0.2, 0.25) is 0 Å².